The van der Waals surface area contributed by atoms with Gasteiger partial charge in [0.05, 0.1) is 6.61 Å². The fourth-order valence-electron chi connectivity index (χ4n) is 1.20. The molecule has 15 heavy (non-hydrogen) atoms. The Kier molecular flexibility index (Phi) is 4.15. The van der Waals surface area contributed by atoms with E-state index in [2.05, 4.69) is 6.92 Å². The Labute approximate surface area is 91.0 Å². The van der Waals surface area contributed by atoms with Gasteiger partial charge in [-0.3, -0.25) is 0 Å². The van der Waals surface area contributed by atoms with Gasteiger partial charge >= 0.3 is 0 Å². The van der Waals surface area contributed by atoms with Crippen LogP contribution in [0.4, 0.5) is 0 Å². The number of ether oxygens (including phenoxy) is 1. The molecule has 0 amide bonds. The third-order valence-corrected chi connectivity index (χ3v) is 3.14. The van der Waals surface area contributed by atoms with Gasteiger partial charge in [-0.25, -0.2) is 8.42 Å². The zero-order valence-corrected chi connectivity index (χ0v) is 9.88. The number of hydrogen-bond acceptors (Lipinski definition) is 3. The van der Waals surface area contributed by atoms with Crippen molar-refractivity contribution in [3.8, 4) is 5.75 Å². The van der Waals surface area contributed by atoms with Gasteiger partial charge in [0.25, 0.3) is 0 Å². The number of unbranched alkanes of at least 4 members (excludes halogenated alkanes) is 1. The highest BCUT2D eigenvalue weighted by Crippen LogP contribution is 2.23. The molecule has 84 valence electrons. The zero-order valence-electron chi connectivity index (χ0n) is 9.06. The number of rotatable bonds is 5. The number of benzene rings is 1. The molecule has 4 heteroatoms. The van der Waals surface area contributed by atoms with E-state index in [1.165, 1.54) is 6.26 Å². The van der Waals surface area contributed by atoms with Crippen molar-refractivity contribution >= 4 is 9.84 Å². The highest BCUT2D eigenvalue weighted by molar-refractivity contribution is 7.90. The number of para-hydroxylation sites is 1. The van der Waals surface area contributed by atoms with Crippen LogP contribution in [-0.4, -0.2) is 21.3 Å². The van der Waals surface area contributed by atoms with E-state index in [4.69, 9.17) is 4.74 Å². The summed E-state index contributed by atoms with van der Waals surface area (Å²) in [6.07, 6.45) is 3.15. The Balaban J connectivity index is 2.88. The molecule has 0 aliphatic rings. The second kappa shape index (κ2) is 5.16. The summed E-state index contributed by atoms with van der Waals surface area (Å²) in [6, 6.07) is 6.72. The number of hydrogen-bond donors (Lipinski definition) is 0. The molecular formula is C11H16O3S. The predicted octanol–water partition coefficient (Wildman–Crippen LogP) is 2.27. The van der Waals surface area contributed by atoms with Gasteiger partial charge in [0.2, 0.25) is 0 Å². The van der Waals surface area contributed by atoms with Crippen LogP contribution in [0.1, 0.15) is 19.8 Å². The van der Waals surface area contributed by atoms with Crippen molar-refractivity contribution in [2.45, 2.75) is 24.7 Å². The standard InChI is InChI=1S/C11H16O3S/c1-3-4-9-14-10-7-5-6-8-11(10)15(2,12)13/h5-8H,3-4,9H2,1-2H3. The van der Waals surface area contributed by atoms with E-state index in [0.717, 1.165) is 12.8 Å². The van der Waals surface area contributed by atoms with Gasteiger partial charge in [-0.1, -0.05) is 25.5 Å². The van der Waals surface area contributed by atoms with Gasteiger partial charge in [-0.05, 0) is 18.6 Å². The maximum atomic E-state index is 11.4. The van der Waals surface area contributed by atoms with E-state index >= 15 is 0 Å². The summed E-state index contributed by atoms with van der Waals surface area (Å²) in [7, 11) is -3.20. The average molecular weight is 228 g/mol. The molecule has 0 atom stereocenters. The predicted molar refractivity (Wildman–Crippen MR) is 60.0 cm³/mol. The van der Waals surface area contributed by atoms with Crippen LogP contribution in [0.25, 0.3) is 0 Å². The van der Waals surface area contributed by atoms with Gasteiger partial charge in [0.1, 0.15) is 10.6 Å². The molecular weight excluding hydrogens is 212 g/mol. The van der Waals surface area contributed by atoms with Crippen molar-refractivity contribution in [3.05, 3.63) is 24.3 Å². The highest BCUT2D eigenvalue weighted by atomic mass is 32.2. The lowest BCUT2D eigenvalue weighted by atomic mass is 10.3. The molecule has 0 saturated heterocycles. The molecule has 3 nitrogen and oxygen atoms in total. The van der Waals surface area contributed by atoms with E-state index in [-0.39, 0.29) is 4.90 Å². The molecule has 0 aromatic heterocycles. The van der Waals surface area contributed by atoms with Gasteiger partial charge in [-0.15, -0.1) is 0 Å². The molecule has 1 aromatic carbocycles. The second-order valence-electron chi connectivity index (χ2n) is 3.42. The van der Waals surface area contributed by atoms with E-state index in [1.54, 1.807) is 24.3 Å². The highest BCUT2D eigenvalue weighted by Gasteiger charge is 2.12. The minimum atomic E-state index is -3.20. The van der Waals surface area contributed by atoms with Crippen molar-refractivity contribution in [1.82, 2.24) is 0 Å². The summed E-state index contributed by atoms with van der Waals surface area (Å²) in [5.74, 6) is 0.452. The maximum absolute atomic E-state index is 11.4. The zero-order chi connectivity index (χ0) is 11.3. The van der Waals surface area contributed by atoms with Crippen LogP contribution in [-0.2, 0) is 9.84 Å². The Bertz CT molecular complexity index is 410. The lowest BCUT2D eigenvalue weighted by Crippen LogP contribution is -2.03. The van der Waals surface area contributed by atoms with Gasteiger partial charge < -0.3 is 4.74 Å². The minimum absolute atomic E-state index is 0.265. The summed E-state index contributed by atoms with van der Waals surface area (Å²) >= 11 is 0. The van der Waals surface area contributed by atoms with Crippen molar-refractivity contribution in [1.29, 1.82) is 0 Å². The van der Waals surface area contributed by atoms with Crippen LogP contribution in [0.15, 0.2) is 29.2 Å². The molecule has 1 rings (SSSR count). The fourth-order valence-corrected chi connectivity index (χ4v) is 2.02. The molecule has 0 aliphatic carbocycles. The smallest absolute Gasteiger partial charge is 0.179 e. The van der Waals surface area contributed by atoms with E-state index in [9.17, 15) is 8.42 Å². The van der Waals surface area contributed by atoms with Crippen molar-refractivity contribution in [3.63, 3.8) is 0 Å². The van der Waals surface area contributed by atoms with Crippen LogP contribution in [0, 0.1) is 0 Å². The van der Waals surface area contributed by atoms with E-state index in [1.807, 2.05) is 0 Å². The average Bonchev–Trinajstić information content (AvgIpc) is 2.17. The SMILES string of the molecule is CCCCOc1ccccc1S(C)(=O)=O. The van der Waals surface area contributed by atoms with Crippen LogP contribution in [0.5, 0.6) is 5.75 Å². The Morgan fingerprint density at radius 3 is 2.53 bits per heavy atom. The largest absolute Gasteiger partial charge is 0.492 e. The molecule has 0 saturated carbocycles. The van der Waals surface area contributed by atoms with Gasteiger partial charge in [-0.2, -0.15) is 0 Å². The van der Waals surface area contributed by atoms with Gasteiger partial charge in [0.15, 0.2) is 9.84 Å². The fraction of sp³-hybridized carbons (Fsp3) is 0.455. The normalized spacial score (nSPS) is 11.3. The van der Waals surface area contributed by atoms with Crippen molar-refractivity contribution < 1.29 is 13.2 Å². The molecule has 0 bridgehead atoms. The lowest BCUT2D eigenvalue weighted by molar-refractivity contribution is 0.301. The van der Waals surface area contributed by atoms with Crippen LogP contribution in [0.2, 0.25) is 0 Å². The summed E-state index contributed by atoms with van der Waals surface area (Å²) in [5, 5.41) is 0. The molecule has 0 aliphatic heterocycles. The van der Waals surface area contributed by atoms with Crippen LogP contribution >= 0.6 is 0 Å². The van der Waals surface area contributed by atoms with Crippen molar-refractivity contribution in [2.24, 2.45) is 0 Å². The summed E-state index contributed by atoms with van der Waals surface area (Å²) < 4.78 is 28.2. The summed E-state index contributed by atoms with van der Waals surface area (Å²) in [6.45, 7) is 2.62. The molecule has 0 heterocycles. The Morgan fingerprint density at radius 1 is 1.27 bits per heavy atom. The summed E-state index contributed by atoms with van der Waals surface area (Å²) in [5.41, 5.74) is 0. The molecule has 0 radical (unpaired) electrons. The molecule has 0 unspecified atom stereocenters. The monoisotopic (exact) mass is 228 g/mol. The Hall–Kier alpha value is -1.03. The first kappa shape index (κ1) is 12.0. The third kappa shape index (κ3) is 3.55. The van der Waals surface area contributed by atoms with Crippen LogP contribution in [0.3, 0.4) is 0 Å². The lowest BCUT2D eigenvalue weighted by Gasteiger charge is -2.09. The first-order valence-corrected chi connectivity index (χ1v) is 6.86. The van der Waals surface area contributed by atoms with Crippen LogP contribution < -0.4 is 4.74 Å². The molecule has 0 spiro atoms. The molecule has 0 N–H and O–H groups in total. The third-order valence-electron chi connectivity index (χ3n) is 2.00. The topological polar surface area (TPSA) is 43.4 Å². The summed E-state index contributed by atoms with van der Waals surface area (Å²) in [4.78, 5) is 0.265. The van der Waals surface area contributed by atoms with E-state index < -0.39 is 9.84 Å². The first-order valence-electron chi connectivity index (χ1n) is 4.97. The Morgan fingerprint density at radius 2 is 1.93 bits per heavy atom. The second-order valence-corrected chi connectivity index (χ2v) is 5.41. The van der Waals surface area contributed by atoms with E-state index in [0.29, 0.717) is 12.4 Å². The number of sulfone groups is 1. The maximum Gasteiger partial charge on any atom is 0.179 e. The first-order chi connectivity index (χ1) is 7.05. The van der Waals surface area contributed by atoms with Crippen molar-refractivity contribution in [2.75, 3.05) is 12.9 Å². The molecule has 0 fully saturated rings. The minimum Gasteiger partial charge on any atom is -0.492 e. The quantitative estimate of drug-likeness (QED) is 0.726. The molecule has 1 aromatic rings. The van der Waals surface area contributed by atoms with Gasteiger partial charge in [0, 0.05) is 6.26 Å².